The van der Waals surface area contributed by atoms with Crippen LogP contribution in [0.3, 0.4) is 0 Å². The van der Waals surface area contributed by atoms with Crippen molar-refractivity contribution >= 4 is 27.0 Å². The predicted molar refractivity (Wildman–Crippen MR) is 116 cm³/mol. The van der Waals surface area contributed by atoms with Gasteiger partial charge in [0.05, 0.1) is 16.3 Å². The van der Waals surface area contributed by atoms with Crippen molar-refractivity contribution < 1.29 is 17.6 Å². The van der Waals surface area contributed by atoms with Crippen LogP contribution in [-0.2, 0) is 21.4 Å². The first kappa shape index (κ1) is 21.3. The molecule has 0 spiro atoms. The average Bonchev–Trinajstić information content (AvgIpc) is 3.13. The molecule has 9 heteroatoms. The van der Waals surface area contributed by atoms with Crippen molar-refractivity contribution in [2.75, 3.05) is 13.1 Å². The number of carbonyl (C=O) groups is 1. The van der Waals surface area contributed by atoms with E-state index < -0.39 is 21.7 Å². The summed E-state index contributed by atoms with van der Waals surface area (Å²) in [5, 5.41) is 2.96. The smallest absolute Gasteiger partial charge is 0.408 e. The molecule has 1 atom stereocenters. The average molecular weight is 444 g/mol. The van der Waals surface area contributed by atoms with Crippen molar-refractivity contribution in [1.29, 1.82) is 0 Å². The van der Waals surface area contributed by atoms with Crippen molar-refractivity contribution in [3.8, 4) is 0 Å². The number of sulfonamides is 1. The van der Waals surface area contributed by atoms with E-state index in [0.717, 1.165) is 16.7 Å². The molecule has 164 valence electrons. The second-order valence-corrected chi connectivity index (χ2v) is 9.96. The Hall–Kier alpha value is -2.91. The minimum atomic E-state index is -3.81. The fraction of sp³-hybridized carbons (Fsp3) is 0.364. The van der Waals surface area contributed by atoms with Gasteiger partial charge in [-0.2, -0.15) is 4.31 Å². The van der Waals surface area contributed by atoms with E-state index in [2.05, 4.69) is 10.3 Å². The minimum Gasteiger partial charge on any atom is -0.408 e. The number of hydrogen-bond acceptors (Lipinski definition) is 5. The van der Waals surface area contributed by atoms with Gasteiger partial charge in [-0.25, -0.2) is 13.2 Å². The number of piperidine rings is 1. The topological polar surface area (TPSA) is 112 Å². The van der Waals surface area contributed by atoms with E-state index >= 15 is 0 Å². The molecule has 1 saturated heterocycles. The van der Waals surface area contributed by atoms with E-state index in [4.69, 9.17) is 4.42 Å². The van der Waals surface area contributed by atoms with Crippen molar-refractivity contribution in [3.63, 3.8) is 0 Å². The molecule has 2 aromatic carbocycles. The number of fused-ring (bicyclic) bond motifs is 1. The van der Waals surface area contributed by atoms with Crippen LogP contribution in [-0.4, -0.2) is 36.7 Å². The molecule has 0 bridgehead atoms. The molecule has 2 N–H and O–H groups in total. The number of hydrogen-bond donors (Lipinski definition) is 2. The van der Waals surface area contributed by atoms with Gasteiger partial charge in [0.25, 0.3) is 0 Å². The molecule has 1 aliphatic heterocycles. The van der Waals surface area contributed by atoms with Crippen LogP contribution in [0.25, 0.3) is 11.1 Å². The first-order chi connectivity index (χ1) is 14.7. The Morgan fingerprint density at radius 1 is 1.23 bits per heavy atom. The molecular weight excluding hydrogens is 418 g/mol. The number of benzene rings is 2. The van der Waals surface area contributed by atoms with E-state index in [1.807, 2.05) is 32.0 Å². The maximum atomic E-state index is 13.1. The highest BCUT2D eigenvalue weighted by Gasteiger charge is 2.33. The molecule has 1 amide bonds. The monoisotopic (exact) mass is 443 g/mol. The third kappa shape index (κ3) is 4.42. The van der Waals surface area contributed by atoms with Crippen LogP contribution < -0.4 is 11.1 Å². The lowest BCUT2D eigenvalue weighted by molar-refractivity contribution is -0.126. The highest BCUT2D eigenvalue weighted by Crippen LogP contribution is 2.26. The van der Waals surface area contributed by atoms with Crippen LogP contribution in [0.1, 0.15) is 29.5 Å². The summed E-state index contributed by atoms with van der Waals surface area (Å²) in [5.41, 5.74) is 3.90. The largest absolute Gasteiger partial charge is 0.417 e. The summed E-state index contributed by atoms with van der Waals surface area (Å²) in [6.07, 6.45) is 1.23. The molecular formula is C22H25N3O5S. The molecule has 1 unspecified atom stereocenters. The minimum absolute atomic E-state index is 0.0409. The van der Waals surface area contributed by atoms with Crippen molar-refractivity contribution in [3.05, 3.63) is 63.6 Å². The molecule has 3 aromatic rings. The molecule has 31 heavy (non-hydrogen) atoms. The van der Waals surface area contributed by atoms with E-state index in [0.29, 0.717) is 31.4 Å². The number of aryl methyl sites for hydroxylation is 2. The number of aromatic amines is 1. The van der Waals surface area contributed by atoms with E-state index in [-0.39, 0.29) is 22.9 Å². The summed E-state index contributed by atoms with van der Waals surface area (Å²) in [6, 6.07) is 10.4. The van der Waals surface area contributed by atoms with Gasteiger partial charge in [-0.15, -0.1) is 0 Å². The summed E-state index contributed by atoms with van der Waals surface area (Å²) in [4.78, 5) is 26.6. The first-order valence-electron chi connectivity index (χ1n) is 10.2. The number of rotatable bonds is 5. The van der Waals surface area contributed by atoms with Crippen molar-refractivity contribution in [2.24, 2.45) is 5.92 Å². The second kappa shape index (κ2) is 8.32. The number of carbonyl (C=O) groups excluding carboxylic acids is 1. The number of nitrogens with one attached hydrogen (secondary N) is 2. The van der Waals surface area contributed by atoms with Gasteiger partial charge in [-0.05, 0) is 49.9 Å². The lowest BCUT2D eigenvalue weighted by Gasteiger charge is -2.31. The number of aromatic nitrogens is 1. The Kier molecular flexibility index (Phi) is 5.72. The maximum absolute atomic E-state index is 13.1. The Labute approximate surface area is 180 Å². The third-order valence-corrected chi connectivity index (χ3v) is 7.60. The first-order valence-corrected chi connectivity index (χ1v) is 11.6. The number of amides is 1. The lowest BCUT2D eigenvalue weighted by Crippen LogP contribution is -2.45. The Morgan fingerprint density at radius 3 is 2.84 bits per heavy atom. The molecule has 0 radical (unpaired) electrons. The zero-order valence-corrected chi connectivity index (χ0v) is 18.3. The van der Waals surface area contributed by atoms with Gasteiger partial charge in [-0.1, -0.05) is 23.8 Å². The van der Waals surface area contributed by atoms with E-state index in [1.165, 1.54) is 22.5 Å². The van der Waals surface area contributed by atoms with Crippen molar-refractivity contribution in [1.82, 2.24) is 14.6 Å². The van der Waals surface area contributed by atoms with E-state index in [9.17, 15) is 18.0 Å². The summed E-state index contributed by atoms with van der Waals surface area (Å²) >= 11 is 0. The summed E-state index contributed by atoms with van der Waals surface area (Å²) in [6.45, 7) is 4.89. The number of oxazole rings is 1. The number of nitrogens with zero attached hydrogens (tertiary/aromatic N) is 1. The Balaban J connectivity index is 1.47. The fourth-order valence-corrected chi connectivity index (χ4v) is 5.47. The molecule has 1 aliphatic rings. The maximum Gasteiger partial charge on any atom is 0.417 e. The molecule has 2 heterocycles. The van der Waals surface area contributed by atoms with Gasteiger partial charge in [0.2, 0.25) is 15.9 Å². The standard InChI is InChI=1S/C22H25N3O5S/c1-14-5-6-15(2)17(10-14)12-23-21(26)16-4-3-9-25(13-16)31(28,29)18-7-8-19-20(11-18)30-22(27)24-19/h5-8,10-11,16H,3-4,9,12-13H2,1-2H3,(H,23,26)(H,24,27). The summed E-state index contributed by atoms with van der Waals surface area (Å²) < 4.78 is 32.6. The van der Waals surface area contributed by atoms with Crippen LogP contribution >= 0.6 is 0 Å². The normalized spacial score (nSPS) is 17.7. The fourth-order valence-electron chi connectivity index (χ4n) is 3.93. The highest BCUT2D eigenvalue weighted by atomic mass is 32.2. The predicted octanol–water partition coefficient (Wildman–Crippen LogP) is 2.46. The van der Waals surface area contributed by atoms with Gasteiger partial charge in [0, 0.05) is 25.7 Å². The zero-order valence-electron chi connectivity index (χ0n) is 17.5. The molecule has 1 aromatic heterocycles. The van der Waals surface area contributed by atoms with Crippen LogP contribution in [0.2, 0.25) is 0 Å². The SMILES string of the molecule is Cc1ccc(C)c(CNC(=O)C2CCCN(S(=O)(=O)c3ccc4[nH]c(=O)oc4c3)C2)c1. The summed E-state index contributed by atoms with van der Waals surface area (Å²) in [7, 11) is -3.81. The summed E-state index contributed by atoms with van der Waals surface area (Å²) in [5.74, 6) is -1.20. The van der Waals surface area contributed by atoms with Gasteiger partial charge >= 0.3 is 5.76 Å². The highest BCUT2D eigenvalue weighted by molar-refractivity contribution is 7.89. The lowest BCUT2D eigenvalue weighted by atomic mass is 9.98. The molecule has 4 rings (SSSR count). The van der Waals surface area contributed by atoms with Gasteiger partial charge in [0.15, 0.2) is 5.58 Å². The number of H-pyrrole nitrogens is 1. The second-order valence-electron chi connectivity index (χ2n) is 8.02. The molecule has 0 aliphatic carbocycles. The van der Waals surface area contributed by atoms with Crippen LogP contribution in [0, 0.1) is 19.8 Å². The van der Waals surface area contributed by atoms with Gasteiger partial charge in [0.1, 0.15) is 0 Å². The van der Waals surface area contributed by atoms with E-state index in [1.54, 1.807) is 0 Å². The Morgan fingerprint density at radius 2 is 2.03 bits per heavy atom. The molecule has 8 nitrogen and oxygen atoms in total. The Bertz CT molecular complexity index is 1290. The van der Waals surface area contributed by atoms with Gasteiger partial charge in [-0.3, -0.25) is 9.78 Å². The van der Waals surface area contributed by atoms with Crippen LogP contribution in [0.15, 0.2) is 50.5 Å². The van der Waals surface area contributed by atoms with Crippen molar-refractivity contribution in [2.45, 2.75) is 38.1 Å². The zero-order chi connectivity index (χ0) is 22.2. The van der Waals surface area contributed by atoms with Crippen LogP contribution in [0.4, 0.5) is 0 Å². The quantitative estimate of drug-likeness (QED) is 0.629. The third-order valence-electron chi connectivity index (χ3n) is 5.74. The molecule has 1 fully saturated rings. The van der Waals surface area contributed by atoms with Crippen LogP contribution in [0.5, 0.6) is 0 Å². The molecule has 0 saturated carbocycles. The van der Waals surface area contributed by atoms with Gasteiger partial charge < -0.3 is 9.73 Å².